The molecule has 3 heterocycles. The lowest BCUT2D eigenvalue weighted by atomic mass is 9.69. The minimum Gasteiger partial charge on any atom is -0.328 e. The van der Waals surface area contributed by atoms with Crippen molar-refractivity contribution in [2.45, 2.75) is 63.6 Å². The normalized spacial score (nSPS) is 24.1. The Balaban J connectivity index is 1.20. The van der Waals surface area contributed by atoms with Gasteiger partial charge in [0, 0.05) is 50.6 Å². The maximum Gasteiger partial charge on any atom is 0.320 e. The lowest BCUT2D eigenvalue weighted by molar-refractivity contribution is 0.0215. The van der Waals surface area contributed by atoms with Crippen LogP contribution in [0.25, 0.3) is 11.1 Å². The number of rotatable bonds is 4. The summed E-state index contributed by atoms with van der Waals surface area (Å²) in [4.78, 5) is 30.9. The number of nitrogens with zero attached hydrogens (tertiary/aromatic N) is 3. The molecular formula is C33H38F2N4O2. The summed E-state index contributed by atoms with van der Waals surface area (Å²) in [6.45, 7) is 2.33. The minimum atomic E-state index is -0.649. The van der Waals surface area contributed by atoms with E-state index in [1.54, 1.807) is 11.0 Å². The molecule has 2 amide bonds. The smallest absolute Gasteiger partial charge is 0.320 e. The van der Waals surface area contributed by atoms with E-state index >= 15 is 0 Å². The number of halogens is 2. The number of amides is 2. The van der Waals surface area contributed by atoms with Crippen LogP contribution in [0.4, 0.5) is 13.6 Å². The zero-order valence-electron chi connectivity index (χ0n) is 23.4. The van der Waals surface area contributed by atoms with Crippen molar-refractivity contribution in [3.05, 3.63) is 94.4 Å². The Hall–Kier alpha value is -3.52. The van der Waals surface area contributed by atoms with Crippen molar-refractivity contribution in [2.24, 2.45) is 17.1 Å². The first-order valence-corrected chi connectivity index (χ1v) is 14.8. The summed E-state index contributed by atoms with van der Waals surface area (Å²) >= 11 is 0. The molecule has 3 aliphatic rings. The molecule has 3 aromatic rings. The predicted octanol–water partition coefficient (Wildman–Crippen LogP) is 5.96. The van der Waals surface area contributed by atoms with Gasteiger partial charge in [0.2, 0.25) is 0 Å². The van der Waals surface area contributed by atoms with Gasteiger partial charge in [0.15, 0.2) is 0 Å². The van der Waals surface area contributed by atoms with Crippen LogP contribution in [0, 0.1) is 23.0 Å². The zero-order valence-corrected chi connectivity index (χ0v) is 23.4. The number of nitrogens with two attached hydrogens (primary N) is 1. The maximum absolute atomic E-state index is 14.1. The number of urea groups is 1. The number of hydrogen-bond donors (Lipinski definition) is 1. The van der Waals surface area contributed by atoms with Crippen molar-refractivity contribution in [1.82, 2.24) is 14.4 Å². The van der Waals surface area contributed by atoms with E-state index in [0.717, 1.165) is 49.3 Å². The zero-order chi connectivity index (χ0) is 28.6. The van der Waals surface area contributed by atoms with E-state index in [1.165, 1.54) is 12.1 Å². The average Bonchev–Trinajstić information content (AvgIpc) is 3.43. The fourth-order valence-electron chi connectivity index (χ4n) is 7.49. The predicted molar refractivity (Wildman–Crippen MR) is 155 cm³/mol. The van der Waals surface area contributed by atoms with Gasteiger partial charge in [0.05, 0.1) is 6.04 Å². The number of likely N-dealkylation sites (tertiary alicyclic amines) is 2. The Morgan fingerprint density at radius 1 is 0.927 bits per heavy atom. The molecule has 1 spiro atoms. The second-order valence-corrected chi connectivity index (χ2v) is 12.2. The number of carbonyl (C=O) groups excluding carboxylic acids is 1. The molecular weight excluding hydrogens is 522 g/mol. The summed E-state index contributed by atoms with van der Waals surface area (Å²) in [7, 11) is 0. The van der Waals surface area contributed by atoms with Crippen LogP contribution in [-0.4, -0.2) is 46.1 Å². The van der Waals surface area contributed by atoms with Crippen LogP contribution < -0.4 is 11.3 Å². The van der Waals surface area contributed by atoms with Crippen molar-refractivity contribution in [2.75, 3.05) is 19.6 Å². The van der Waals surface area contributed by atoms with Gasteiger partial charge in [-0.2, -0.15) is 0 Å². The molecule has 1 aliphatic carbocycles. The first-order chi connectivity index (χ1) is 19.8. The molecule has 41 heavy (non-hydrogen) atoms. The van der Waals surface area contributed by atoms with E-state index in [9.17, 15) is 18.4 Å². The SMILES string of the molecule is N[C@@H]1CCN(C(=O)N2CC[C@@H](Cn3ccc(-c4ccccc4)cc3=O)C3(CCCC3)C2)[C@H](c2cc(F)cc(F)c2)C1. The standard InChI is InChI=1S/C33H38F2N4O2/c34-27-16-25(17-28(35)19-27)30-20-29(36)10-15-39(30)32(41)38-14-9-26(33(22-38)11-4-5-12-33)21-37-13-8-24(18-31(37)40)23-6-2-1-3-7-23/h1-3,6-8,13,16-19,26,29-30H,4-5,9-12,14-15,20-22,36H2/t26-,29+,30-/m0/s1. The summed E-state index contributed by atoms with van der Waals surface area (Å²) < 4.78 is 30.1. The Morgan fingerprint density at radius 2 is 1.66 bits per heavy atom. The van der Waals surface area contributed by atoms with Gasteiger partial charge in [-0.15, -0.1) is 0 Å². The van der Waals surface area contributed by atoms with Crippen LogP contribution in [0.2, 0.25) is 0 Å². The number of benzene rings is 2. The van der Waals surface area contributed by atoms with Crippen LogP contribution in [0.3, 0.4) is 0 Å². The molecule has 3 atom stereocenters. The van der Waals surface area contributed by atoms with Crippen molar-refractivity contribution in [1.29, 1.82) is 0 Å². The maximum atomic E-state index is 14.1. The molecule has 2 aliphatic heterocycles. The van der Waals surface area contributed by atoms with Gasteiger partial charge in [0.25, 0.3) is 5.56 Å². The minimum absolute atomic E-state index is 0.00664. The van der Waals surface area contributed by atoms with E-state index in [0.29, 0.717) is 44.6 Å². The van der Waals surface area contributed by atoms with Gasteiger partial charge in [-0.1, -0.05) is 43.2 Å². The number of carbonyl (C=O) groups is 1. The van der Waals surface area contributed by atoms with Crippen molar-refractivity contribution < 1.29 is 13.6 Å². The van der Waals surface area contributed by atoms with E-state index < -0.39 is 17.7 Å². The highest BCUT2D eigenvalue weighted by Crippen LogP contribution is 2.49. The average molecular weight is 561 g/mol. The third-order valence-electron chi connectivity index (χ3n) is 9.67. The van der Waals surface area contributed by atoms with E-state index in [2.05, 4.69) is 0 Å². The fraction of sp³-hybridized carbons (Fsp3) is 0.455. The Kier molecular flexibility index (Phi) is 7.68. The van der Waals surface area contributed by atoms with Crippen molar-refractivity contribution >= 4 is 6.03 Å². The number of piperidine rings is 2. The molecule has 1 aromatic heterocycles. The molecule has 2 aromatic carbocycles. The summed E-state index contributed by atoms with van der Waals surface area (Å²) in [6, 6.07) is 16.4. The van der Waals surface area contributed by atoms with Gasteiger partial charge < -0.3 is 20.1 Å². The van der Waals surface area contributed by atoms with Gasteiger partial charge in [0.1, 0.15) is 11.6 Å². The molecule has 6 nitrogen and oxygen atoms in total. The van der Waals surface area contributed by atoms with Crippen molar-refractivity contribution in [3.63, 3.8) is 0 Å². The molecule has 2 N–H and O–H groups in total. The van der Waals surface area contributed by atoms with E-state index in [-0.39, 0.29) is 29.0 Å². The third-order valence-corrected chi connectivity index (χ3v) is 9.67. The Morgan fingerprint density at radius 3 is 2.37 bits per heavy atom. The van der Waals surface area contributed by atoms with Gasteiger partial charge in [-0.05, 0) is 78.3 Å². The van der Waals surface area contributed by atoms with Crippen LogP contribution in [0.15, 0.2) is 71.7 Å². The fourth-order valence-corrected chi connectivity index (χ4v) is 7.49. The summed E-state index contributed by atoms with van der Waals surface area (Å²) in [5.41, 5.74) is 8.59. The number of aromatic nitrogens is 1. The first kappa shape index (κ1) is 27.6. The first-order valence-electron chi connectivity index (χ1n) is 14.8. The quantitative estimate of drug-likeness (QED) is 0.428. The highest BCUT2D eigenvalue weighted by atomic mass is 19.1. The highest BCUT2D eigenvalue weighted by molar-refractivity contribution is 5.75. The molecule has 0 unspecified atom stereocenters. The molecule has 3 fully saturated rings. The van der Waals surface area contributed by atoms with Crippen LogP contribution in [0.1, 0.15) is 56.6 Å². The summed E-state index contributed by atoms with van der Waals surface area (Å²) in [6.07, 6.45) is 8.13. The number of pyridine rings is 1. The molecule has 6 rings (SSSR count). The summed E-state index contributed by atoms with van der Waals surface area (Å²) in [5, 5.41) is 0. The molecule has 2 saturated heterocycles. The monoisotopic (exact) mass is 560 g/mol. The topological polar surface area (TPSA) is 71.6 Å². The van der Waals surface area contributed by atoms with E-state index in [1.807, 2.05) is 52.1 Å². The Labute approximate surface area is 239 Å². The number of hydrogen-bond acceptors (Lipinski definition) is 3. The second kappa shape index (κ2) is 11.4. The molecule has 0 bridgehead atoms. The lowest BCUT2D eigenvalue weighted by Crippen LogP contribution is -2.56. The third kappa shape index (κ3) is 5.67. The Bertz CT molecular complexity index is 1430. The van der Waals surface area contributed by atoms with Crippen LogP contribution in [-0.2, 0) is 6.54 Å². The molecule has 0 radical (unpaired) electrons. The highest BCUT2D eigenvalue weighted by Gasteiger charge is 2.47. The molecule has 216 valence electrons. The van der Waals surface area contributed by atoms with Gasteiger partial charge in [-0.25, -0.2) is 13.6 Å². The lowest BCUT2D eigenvalue weighted by Gasteiger charge is -2.49. The largest absolute Gasteiger partial charge is 0.328 e. The van der Waals surface area contributed by atoms with E-state index in [4.69, 9.17) is 5.73 Å². The van der Waals surface area contributed by atoms with Crippen LogP contribution >= 0.6 is 0 Å². The molecule has 1 saturated carbocycles. The van der Waals surface area contributed by atoms with Gasteiger partial charge in [-0.3, -0.25) is 4.79 Å². The van der Waals surface area contributed by atoms with Crippen molar-refractivity contribution in [3.8, 4) is 11.1 Å². The summed E-state index contributed by atoms with van der Waals surface area (Å²) in [5.74, 6) is -1.01. The second-order valence-electron chi connectivity index (χ2n) is 12.2. The van der Waals surface area contributed by atoms with Crippen LogP contribution in [0.5, 0.6) is 0 Å². The molecule has 8 heteroatoms. The van der Waals surface area contributed by atoms with Gasteiger partial charge >= 0.3 is 6.03 Å².